The summed E-state index contributed by atoms with van der Waals surface area (Å²) in [7, 11) is 0. The van der Waals surface area contributed by atoms with Crippen LogP contribution >= 0.6 is 0 Å². The second kappa shape index (κ2) is 10.1. The molecule has 0 saturated heterocycles. The summed E-state index contributed by atoms with van der Waals surface area (Å²) in [5, 5.41) is 9.01. The van der Waals surface area contributed by atoms with E-state index in [1.165, 1.54) is 0 Å². The maximum absolute atomic E-state index is 13.2. The minimum absolute atomic E-state index is 0.203. The summed E-state index contributed by atoms with van der Waals surface area (Å²) in [4.78, 5) is 29.4. The zero-order chi connectivity index (χ0) is 24.0. The van der Waals surface area contributed by atoms with E-state index in [9.17, 15) is 9.59 Å². The number of amides is 2. The van der Waals surface area contributed by atoms with Crippen molar-refractivity contribution in [3.63, 3.8) is 0 Å². The maximum Gasteiger partial charge on any atom is 0.267 e. The molecule has 5 heteroatoms. The predicted octanol–water partition coefficient (Wildman–Crippen LogP) is 5.45. The molecule has 0 radical (unpaired) electrons. The molecular formula is C30H25N3O2. The van der Waals surface area contributed by atoms with E-state index in [0.717, 1.165) is 32.8 Å². The lowest BCUT2D eigenvalue weighted by Gasteiger charge is -2.12. The molecule has 0 aliphatic heterocycles. The lowest BCUT2D eigenvalue weighted by Crippen LogP contribution is -2.35. The Labute approximate surface area is 203 Å². The summed E-state index contributed by atoms with van der Waals surface area (Å²) >= 11 is 0. The molecule has 0 spiro atoms. The highest BCUT2D eigenvalue weighted by Gasteiger charge is 2.15. The van der Waals surface area contributed by atoms with Crippen LogP contribution in [0.3, 0.4) is 0 Å². The molecule has 4 aromatic carbocycles. The molecule has 0 saturated carbocycles. The molecule has 0 aliphatic carbocycles. The van der Waals surface area contributed by atoms with E-state index in [1.54, 1.807) is 30.3 Å². The van der Waals surface area contributed by atoms with Crippen LogP contribution in [-0.2, 0) is 11.2 Å². The van der Waals surface area contributed by atoms with E-state index in [-0.39, 0.29) is 17.5 Å². The lowest BCUT2D eigenvalue weighted by molar-refractivity contribution is -0.117. The highest BCUT2D eigenvalue weighted by atomic mass is 16.2. The van der Waals surface area contributed by atoms with Gasteiger partial charge in [-0.15, -0.1) is 0 Å². The van der Waals surface area contributed by atoms with E-state index in [0.29, 0.717) is 18.5 Å². The molecule has 0 bridgehead atoms. The number of aromatic nitrogens is 1. The SMILES string of the molecule is O=C(NCCc1c[nH]c2ccccc12)C(=Cc1cccc2ccccc12)NC(=O)c1ccccc1. The average Bonchev–Trinajstić information content (AvgIpc) is 3.32. The first kappa shape index (κ1) is 22.2. The highest BCUT2D eigenvalue weighted by molar-refractivity contribution is 6.06. The standard InChI is InChI=1S/C30H25N3O2/c34-29(22-10-2-1-3-11-22)33-28(19-23-13-8-12-21-9-4-5-14-25(21)23)30(35)31-18-17-24-20-32-27-16-7-6-15-26(24)27/h1-16,19-20,32H,17-18H2,(H,31,35)(H,33,34). The van der Waals surface area contributed by atoms with Gasteiger partial charge in [0.15, 0.2) is 0 Å². The largest absolute Gasteiger partial charge is 0.361 e. The van der Waals surface area contributed by atoms with E-state index in [2.05, 4.69) is 21.7 Å². The molecule has 1 heterocycles. The quantitative estimate of drug-likeness (QED) is 0.283. The number of hydrogen-bond donors (Lipinski definition) is 3. The average molecular weight is 460 g/mol. The van der Waals surface area contributed by atoms with Crippen LogP contribution in [0, 0.1) is 0 Å². The number of para-hydroxylation sites is 1. The summed E-state index contributed by atoms with van der Waals surface area (Å²) in [5.41, 5.74) is 3.75. The van der Waals surface area contributed by atoms with Crippen molar-refractivity contribution in [3.05, 3.63) is 126 Å². The Balaban J connectivity index is 1.39. The zero-order valence-corrected chi connectivity index (χ0v) is 19.1. The smallest absolute Gasteiger partial charge is 0.267 e. The van der Waals surface area contributed by atoms with Gasteiger partial charge in [-0.1, -0.05) is 78.9 Å². The van der Waals surface area contributed by atoms with Crippen LogP contribution in [0.2, 0.25) is 0 Å². The Bertz CT molecular complexity index is 1530. The maximum atomic E-state index is 13.2. The van der Waals surface area contributed by atoms with Crippen LogP contribution in [0.15, 0.2) is 109 Å². The molecule has 0 fully saturated rings. The fraction of sp³-hybridized carbons (Fsp3) is 0.0667. The monoisotopic (exact) mass is 459 g/mol. The van der Waals surface area contributed by atoms with E-state index < -0.39 is 0 Å². The molecule has 0 aliphatic rings. The predicted molar refractivity (Wildman–Crippen MR) is 141 cm³/mol. The van der Waals surface area contributed by atoms with Gasteiger partial charge in [0.05, 0.1) is 0 Å². The third-order valence-electron chi connectivity index (χ3n) is 6.01. The fourth-order valence-electron chi connectivity index (χ4n) is 4.22. The van der Waals surface area contributed by atoms with Crippen LogP contribution in [0.5, 0.6) is 0 Å². The Hall–Kier alpha value is -4.64. The number of H-pyrrole nitrogens is 1. The van der Waals surface area contributed by atoms with Crippen LogP contribution in [0.4, 0.5) is 0 Å². The molecule has 5 nitrogen and oxygen atoms in total. The minimum Gasteiger partial charge on any atom is -0.361 e. The third kappa shape index (κ3) is 4.99. The number of rotatable bonds is 7. The lowest BCUT2D eigenvalue weighted by atomic mass is 10.0. The van der Waals surface area contributed by atoms with Crippen LogP contribution < -0.4 is 10.6 Å². The van der Waals surface area contributed by atoms with E-state index >= 15 is 0 Å². The van der Waals surface area contributed by atoms with Crippen molar-refractivity contribution in [2.75, 3.05) is 6.54 Å². The summed E-state index contributed by atoms with van der Waals surface area (Å²) in [6.45, 7) is 0.439. The summed E-state index contributed by atoms with van der Waals surface area (Å²) < 4.78 is 0. The summed E-state index contributed by atoms with van der Waals surface area (Å²) in [6.07, 6.45) is 4.38. The molecule has 1 aromatic heterocycles. The van der Waals surface area contributed by atoms with Crippen LogP contribution in [0.25, 0.3) is 27.8 Å². The van der Waals surface area contributed by atoms with Crippen molar-refractivity contribution in [2.24, 2.45) is 0 Å². The van der Waals surface area contributed by atoms with Gasteiger partial charge in [0.2, 0.25) is 0 Å². The Morgan fingerprint density at radius 3 is 2.34 bits per heavy atom. The van der Waals surface area contributed by atoms with Crippen molar-refractivity contribution < 1.29 is 9.59 Å². The molecule has 5 aromatic rings. The second-order valence-corrected chi connectivity index (χ2v) is 8.31. The Kier molecular flexibility index (Phi) is 6.39. The fourth-order valence-corrected chi connectivity index (χ4v) is 4.22. The van der Waals surface area contributed by atoms with Crippen molar-refractivity contribution in [2.45, 2.75) is 6.42 Å². The van der Waals surface area contributed by atoms with Crippen molar-refractivity contribution in [3.8, 4) is 0 Å². The Morgan fingerprint density at radius 1 is 0.771 bits per heavy atom. The van der Waals surface area contributed by atoms with Crippen molar-refractivity contribution >= 4 is 39.6 Å². The molecule has 3 N–H and O–H groups in total. The second-order valence-electron chi connectivity index (χ2n) is 8.31. The topological polar surface area (TPSA) is 74.0 Å². The first-order valence-electron chi connectivity index (χ1n) is 11.6. The molecular weight excluding hydrogens is 434 g/mol. The van der Waals surface area contributed by atoms with Gasteiger partial charge in [-0.25, -0.2) is 0 Å². The first-order valence-corrected chi connectivity index (χ1v) is 11.6. The van der Waals surface area contributed by atoms with Gasteiger partial charge in [-0.3, -0.25) is 9.59 Å². The Morgan fingerprint density at radius 2 is 1.49 bits per heavy atom. The first-order chi connectivity index (χ1) is 17.2. The number of aromatic amines is 1. The summed E-state index contributed by atoms with van der Waals surface area (Å²) in [5.74, 6) is -0.661. The van der Waals surface area contributed by atoms with Crippen molar-refractivity contribution in [1.29, 1.82) is 0 Å². The minimum atomic E-state index is -0.331. The molecule has 0 unspecified atom stereocenters. The summed E-state index contributed by atoms with van der Waals surface area (Å²) in [6, 6.07) is 30.8. The van der Waals surface area contributed by atoms with Gasteiger partial charge in [0, 0.05) is 29.2 Å². The number of carbonyl (C=O) groups is 2. The molecule has 5 rings (SSSR count). The molecule has 2 amide bonds. The zero-order valence-electron chi connectivity index (χ0n) is 19.1. The van der Waals surface area contributed by atoms with Gasteiger partial charge >= 0.3 is 0 Å². The van der Waals surface area contributed by atoms with Crippen molar-refractivity contribution in [1.82, 2.24) is 15.6 Å². The number of benzene rings is 4. The van der Waals surface area contributed by atoms with Crippen LogP contribution in [0.1, 0.15) is 21.5 Å². The number of carbonyl (C=O) groups excluding carboxylic acids is 2. The van der Waals surface area contributed by atoms with E-state index in [4.69, 9.17) is 0 Å². The number of nitrogens with one attached hydrogen (secondary N) is 3. The number of fused-ring (bicyclic) bond motifs is 2. The normalized spacial score (nSPS) is 11.5. The number of hydrogen-bond acceptors (Lipinski definition) is 2. The third-order valence-corrected chi connectivity index (χ3v) is 6.01. The van der Waals surface area contributed by atoms with Gasteiger partial charge in [-0.2, -0.15) is 0 Å². The van der Waals surface area contributed by atoms with Crippen LogP contribution in [-0.4, -0.2) is 23.3 Å². The van der Waals surface area contributed by atoms with Gasteiger partial charge in [-0.05, 0) is 52.6 Å². The van der Waals surface area contributed by atoms with Gasteiger partial charge in [0.1, 0.15) is 5.70 Å². The van der Waals surface area contributed by atoms with Gasteiger partial charge < -0.3 is 15.6 Å². The van der Waals surface area contributed by atoms with Gasteiger partial charge in [0.25, 0.3) is 11.8 Å². The van der Waals surface area contributed by atoms with E-state index in [1.807, 2.05) is 72.9 Å². The molecule has 0 atom stereocenters. The molecule has 172 valence electrons. The highest BCUT2D eigenvalue weighted by Crippen LogP contribution is 2.21. The molecule has 35 heavy (non-hydrogen) atoms.